The summed E-state index contributed by atoms with van der Waals surface area (Å²) < 4.78 is 0. The Kier molecular flexibility index (Phi) is 3.48. The van der Waals surface area contributed by atoms with E-state index in [4.69, 9.17) is 0 Å². The van der Waals surface area contributed by atoms with Crippen LogP contribution in [0.5, 0.6) is 0 Å². The van der Waals surface area contributed by atoms with Crippen molar-refractivity contribution < 1.29 is 4.79 Å². The molecule has 0 bridgehead atoms. The van der Waals surface area contributed by atoms with Crippen LogP contribution in [0.25, 0.3) is 0 Å². The highest BCUT2D eigenvalue weighted by Gasteiger charge is 2.28. The first-order valence-electron chi connectivity index (χ1n) is 6.21. The quantitative estimate of drug-likeness (QED) is 0.782. The minimum Gasteiger partial charge on any atom is -0.312 e. The third-order valence-electron chi connectivity index (χ3n) is 3.44. The number of carbonyl (C=O) groups is 1. The van der Waals surface area contributed by atoms with Crippen LogP contribution in [0.2, 0.25) is 0 Å². The lowest BCUT2D eigenvalue weighted by Gasteiger charge is -2.37. The summed E-state index contributed by atoms with van der Waals surface area (Å²) in [5.41, 5.74) is 2.36. The van der Waals surface area contributed by atoms with Gasteiger partial charge >= 0.3 is 0 Å². The Morgan fingerprint density at radius 3 is 2.76 bits per heavy atom. The van der Waals surface area contributed by atoms with Crippen LogP contribution >= 0.6 is 0 Å². The van der Waals surface area contributed by atoms with Crippen LogP contribution in [-0.2, 0) is 4.79 Å². The predicted molar refractivity (Wildman–Crippen MR) is 70.1 cm³/mol. The standard InChI is InChI=1S/C14H20N2O/c1-4-14(17)16-10-9-12(15(2)3)11-7-5-6-8-13(11)16/h5-8,12H,4,9-10H2,1-3H3. The van der Waals surface area contributed by atoms with Gasteiger partial charge in [-0.2, -0.15) is 0 Å². The number of benzene rings is 1. The van der Waals surface area contributed by atoms with Crippen LogP contribution in [-0.4, -0.2) is 31.4 Å². The molecule has 92 valence electrons. The molecule has 1 aliphatic heterocycles. The first-order chi connectivity index (χ1) is 8.15. The number of hydrogen-bond donors (Lipinski definition) is 0. The summed E-state index contributed by atoms with van der Waals surface area (Å²) in [4.78, 5) is 16.1. The predicted octanol–water partition coefficient (Wildman–Crippen LogP) is 2.44. The molecular weight excluding hydrogens is 212 g/mol. The molecule has 0 radical (unpaired) electrons. The van der Waals surface area contributed by atoms with E-state index in [0.29, 0.717) is 12.5 Å². The van der Waals surface area contributed by atoms with Crippen molar-refractivity contribution in [1.29, 1.82) is 0 Å². The van der Waals surface area contributed by atoms with Gasteiger partial charge in [0, 0.05) is 24.7 Å². The summed E-state index contributed by atoms with van der Waals surface area (Å²) in [6.45, 7) is 2.75. The number of hydrogen-bond acceptors (Lipinski definition) is 2. The zero-order chi connectivity index (χ0) is 12.4. The number of para-hydroxylation sites is 1. The average molecular weight is 232 g/mol. The van der Waals surface area contributed by atoms with Crippen molar-refractivity contribution in [1.82, 2.24) is 4.90 Å². The largest absolute Gasteiger partial charge is 0.312 e. The zero-order valence-corrected chi connectivity index (χ0v) is 10.8. The van der Waals surface area contributed by atoms with Crippen LogP contribution in [0.3, 0.4) is 0 Å². The Morgan fingerprint density at radius 2 is 2.12 bits per heavy atom. The normalized spacial score (nSPS) is 19.3. The molecule has 0 aliphatic carbocycles. The van der Waals surface area contributed by atoms with Gasteiger partial charge in [0.15, 0.2) is 0 Å². The first kappa shape index (κ1) is 12.1. The second-order valence-electron chi connectivity index (χ2n) is 4.73. The Hall–Kier alpha value is -1.35. The average Bonchev–Trinajstić information content (AvgIpc) is 2.36. The third kappa shape index (κ3) is 2.20. The number of anilines is 1. The zero-order valence-electron chi connectivity index (χ0n) is 10.8. The van der Waals surface area contributed by atoms with E-state index in [9.17, 15) is 4.79 Å². The second kappa shape index (κ2) is 4.88. The number of carbonyl (C=O) groups excluding carboxylic acids is 1. The van der Waals surface area contributed by atoms with Crippen molar-refractivity contribution in [3.05, 3.63) is 29.8 Å². The molecule has 0 fully saturated rings. The lowest BCUT2D eigenvalue weighted by Crippen LogP contribution is -2.39. The van der Waals surface area contributed by atoms with Crippen molar-refractivity contribution in [2.45, 2.75) is 25.8 Å². The molecule has 0 aromatic heterocycles. The van der Waals surface area contributed by atoms with Crippen molar-refractivity contribution in [2.75, 3.05) is 25.5 Å². The van der Waals surface area contributed by atoms with Gasteiger partial charge in [0.25, 0.3) is 0 Å². The molecule has 17 heavy (non-hydrogen) atoms. The molecule has 0 N–H and O–H groups in total. The smallest absolute Gasteiger partial charge is 0.226 e. The van der Waals surface area contributed by atoms with Gasteiger partial charge < -0.3 is 9.80 Å². The van der Waals surface area contributed by atoms with Crippen LogP contribution in [0.15, 0.2) is 24.3 Å². The van der Waals surface area contributed by atoms with Gasteiger partial charge in [-0.05, 0) is 32.1 Å². The van der Waals surface area contributed by atoms with Crippen LogP contribution < -0.4 is 4.90 Å². The molecule has 0 spiro atoms. The van der Waals surface area contributed by atoms with Gasteiger partial charge in [-0.25, -0.2) is 0 Å². The fourth-order valence-corrected chi connectivity index (χ4v) is 2.53. The summed E-state index contributed by atoms with van der Waals surface area (Å²) >= 11 is 0. The maximum atomic E-state index is 11.9. The van der Waals surface area contributed by atoms with E-state index in [1.165, 1.54) is 5.56 Å². The molecule has 0 saturated carbocycles. The van der Waals surface area contributed by atoms with Crippen LogP contribution in [0.1, 0.15) is 31.4 Å². The summed E-state index contributed by atoms with van der Waals surface area (Å²) in [7, 11) is 4.19. The summed E-state index contributed by atoms with van der Waals surface area (Å²) in [6.07, 6.45) is 1.58. The van der Waals surface area contributed by atoms with E-state index >= 15 is 0 Å². The van der Waals surface area contributed by atoms with Crippen LogP contribution in [0.4, 0.5) is 5.69 Å². The van der Waals surface area contributed by atoms with E-state index in [0.717, 1.165) is 18.7 Å². The summed E-state index contributed by atoms with van der Waals surface area (Å²) in [5, 5.41) is 0. The lowest BCUT2D eigenvalue weighted by molar-refractivity contribution is -0.118. The molecule has 1 atom stereocenters. The highest BCUT2D eigenvalue weighted by Crippen LogP contribution is 2.36. The van der Waals surface area contributed by atoms with Crippen LogP contribution in [0, 0.1) is 0 Å². The highest BCUT2D eigenvalue weighted by atomic mass is 16.2. The second-order valence-corrected chi connectivity index (χ2v) is 4.73. The number of rotatable bonds is 2. The van der Waals surface area contributed by atoms with E-state index in [2.05, 4.69) is 37.2 Å². The van der Waals surface area contributed by atoms with Crippen molar-refractivity contribution in [2.24, 2.45) is 0 Å². The van der Waals surface area contributed by atoms with E-state index in [-0.39, 0.29) is 5.91 Å². The minimum absolute atomic E-state index is 0.217. The number of fused-ring (bicyclic) bond motifs is 1. The highest BCUT2D eigenvalue weighted by molar-refractivity contribution is 5.94. The van der Waals surface area contributed by atoms with Gasteiger partial charge in [-0.15, -0.1) is 0 Å². The fourth-order valence-electron chi connectivity index (χ4n) is 2.53. The number of nitrogens with zero attached hydrogens (tertiary/aromatic N) is 2. The maximum Gasteiger partial charge on any atom is 0.226 e. The molecule has 1 aromatic carbocycles. The number of amides is 1. The summed E-state index contributed by atoms with van der Waals surface area (Å²) in [5.74, 6) is 0.217. The molecular formula is C14H20N2O. The fraction of sp³-hybridized carbons (Fsp3) is 0.500. The third-order valence-corrected chi connectivity index (χ3v) is 3.44. The van der Waals surface area contributed by atoms with Gasteiger partial charge in [-0.1, -0.05) is 25.1 Å². The topological polar surface area (TPSA) is 23.6 Å². The summed E-state index contributed by atoms with van der Waals surface area (Å²) in [6, 6.07) is 8.67. The molecule has 1 aliphatic rings. The molecule has 0 saturated heterocycles. The van der Waals surface area contributed by atoms with Crippen molar-refractivity contribution in [3.63, 3.8) is 0 Å². The molecule has 1 heterocycles. The van der Waals surface area contributed by atoms with E-state index in [1.807, 2.05) is 17.9 Å². The Bertz CT molecular complexity index is 414. The Morgan fingerprint density at radius 1 is 1.41 bits per heavy atom. The monoisotopic (exact) mass is 232 g/mol. The van der Waals surface area contributed by atoms with Gasteiger partial charge in [-0.3, -0.25) is 4.79 Å². The SMILES string of the molecule is CCC(=O)N1CCC(N(C)C)c2ccccc21. The molecule has 3 nitrogen and oxygen atoms in total. The Balaban J connectivity index is 2.40. The van der Waals surface area contributed by atoms with E-state index in [1.54, 1.807) is 0 Å². The first-order valence-corrected chi connectivity index (χ1v) is 6.21. The molecule has 1 amide bonds. The lowest BCUT2D eigenvalue weighted by atomic mass is 9.95. The maximum absolute atomic E-state index is 11.9. The molecule has 2 rings (SSSR count). The van der Waals surface area contributed by atoms with Crippen molar-refractivity contribution in [3.8, 4) is 0 Å². The Labute approximate surface area is 103 Å². The van der Waals surface area contributed by atoms with Crippen molar-refractivity contribution >= 4 is 11.6 Å². The molecule has 3 heteroatoms. The minimum atomic E-state index is 0.217. The van der Waals surface area contributed by atoms with Gasteiger partial charge in [0.05, 0.1) is 0 Å². The molecule has 1 aromatic rings. The van der Waals surface area contributed by atoms with Gasteiger partial charge in [0.2, 0.25) is 5.91 Å². The molecule has 1 unspecified atom stereocenters. The van der Waals surface area contributed by atoms with E-state index < -0.39 is 0 Å². The van der Waals surface area contributed by atoms with Gasteiger partial charge in [0.1, 0.15) is 0 Å².